The number of hydrogen-bond acceptors (Lipinski definition) is 5. The van der Waals surface area contributed by atoms with Gasteiger partial charge >= 0.3 is 5.69 Å². The zero-order valence-corrected chi connectivity index (χ0v) is 13.9. The summed E-state index contributed by atoms with van der Waals surface area (Å²) in [7, 11) is 0. The summed E-state index contributed by atoms with van der Waals surface area (Å²) in [5.41, 5.74) is 6.44. The van der Waals surface area contributed by atoms with E-state index in [0.29, 0.717) is 16.3 Å². The molecule has 0 saturated carbocycles. The van der Waals surface area contributed by atoms with Crippen LogP contribution in [0, 0.1) is 0 Å². The standard InChI is InChI=1S/C17H11ClN6O2/c18-10-2-1-3-11(8-10)24-16-13(22-17(24)26)12(14(19)25)21-15(23-16)9-4-6-20-7-5-9/h1-8H,(H2,19,25)(H,22,26). The van der Waals surface area contributed by atoms with Gasteiger partial charge in [-0.1, -0.05) is 17.7 Å². The molecule has 4 rings (SSSR count). The summed E-state index contributed by atoms with van der Waals surface area (Å²) in [6, 6.07) is 10.1. The number of aromatic amines is 1. The molecule has 0 atom stereocenters. The molecular weight excluding hydrogens is 356 g/mol. The maximum Gasteiger partial charge on any atom is 0.332 e. The number of H-pyrrole nitrogens is 1. The highest BCUT2D eigenvalue weighted by molar-refractivity contribution is 6.30. The average molecular weight is 367 g/mol. The van der Waals surface area contributed by atoms with E-state index in [-0.39, 0.29) is 22.7 Å². The monoisotopic (exact) mass is 366 g/mol. The summed E-state index contributed by atoms with van der Waals surface area (Å²) in [4.78, 5) is 39.6. The SMILES string of the molecule is NC(=O)c1nc(-c2ccncc2)nc2c1[nH]c(=O)n2-c1cccc(Cl)c1. The second-order valence-electron chi connectivity index (χ2n) is 5.44. The van der Waals surface area contributed by atoms with Crippen LogP contribution in [0.4, 0.5) is 0 Å². The first-order valence-electron chi connectivity index (χ1n) is 7.53. The number of aromatic nitrogens is 5. The molecule has 3 aromatic heterocycles. The topological polar surface area (TPSA) is 120 Å². The molecule has 0 fully saturated rings. The van der Waals surface area contributed by atoms with Crippen molar-refractivity contribution in [2.45, 2.75) is 0 Å². The predicted molar refractivity (Wildman–Crippen MR) is 96.2 cm³/mol. The fourth-order valence-electron chi connectivity index (χ4n) is 2.65. The maximum absolute atomic E-state index is 12.5. The number of imidazole rings is 1. The van der Waals surface area contributed by atoms with E-state index in [9.17, 15) is 9.59 Å². The van der Waals surface area contributed by atoms with E-state index in [0.717, 1.165) is 0 Å². The van der Waals surface area contributed by atoms with Gasteiger partial charge in [0.15, 0.2) is 17.2 Å². The first-order valence-corrected chi connectivity index (χ1v) is 7.91. The Hall–Kier alpha value is -3.52. The number of benzene rings is 1. The Morgan fingerprint density at radius 2 is 1.92 bits per heavy atom. The van der Waals surface area contributed by atoms with Gasteiger partial charge in [-0.3, -0.25) is 9.78 Å². The van der Waals surface area contributed by atoms with Gasteiger partial charge in [0.1, 0.15) is 5.52 Å². The largest absolute Gasteiger partial charge is 0.364 e. The van der Waals surface area contributed by atoms with Crippen LogP contribution in [0.1, 0.15) is 10.5 Å². The van der Waals surface area contributed by atoms with Gasteiger partial charge in [-0.2, -0.15) is 0 Å². The fourth-order valence-corrected chi connectivity index (χ4v) is 2.83. The second kappa shape index (κ2) is 6.08. The van der Waals surface area contributed by atoms with E-state index in [1.54, 1.807) is 48.8 Å². The Balaban J connectivity index is 2.08. The Morgan fingerprint density at radius 3 is 2.62 bits per heavy atom. The smallest absolute Gasteiger partial charge is 0.332 e. The van der Waals surface area contributed by atoms with Gasteiger partial charge in [-0.05, 0) is 30.3 Å². The third kappa shape index (κ3) is 2.62. The molecule has 128 valence electrons. The fraction of sp³-hybridized carbons (Fsp3) is 0. The van der Waals surface area contributed by atoms with Crippen molar-refractivity contribution in [1.29, 1.82) is 0 Å². The minimum atomic E-state index is -0.771. The van der Waals surface area contributed by atoms with Gasteiger partial charge in [0.25, 0.3) is 5.91 Å². The molecule has 1 amide bonds. The lowest BCUT2D eigenvalue weighted by molar-refractivity contribution is 0.0997. The molecule has 4 aromatic rings. The summed E-state index contributed by atoms with van der Waals surface area (Å²) < 4.78 is 1.32. The number of rotatable bonds is 3. The molecule has 9 heteroatoms. The third-order valence-electron chi connectivity index (χ3n) is 3.78. The molecule has 0 aliphatic rings. The number of pyridine rings is 1. The quantitative estimate of drug-likeness (QED) is 0.574. The highest BCUT2D eigenvalue weighted by Crippen LogP contribution is 2.22. The molecule has 8 nitrogen and oxygen atoms in total. The van der Waals surface area contributed by atoms with E-state index in [1.807, 2.05) is 0 Å². The first-order chi connectivity index (χ1) is 12.5. The Labute approximate surface area is 151 Å². The molecule has 0 saturated heterocycles. The number of primary amides is 1. The molecule has 0 radical (unpaired) electrons. The van der Waals surface area contributed by atoms with Crippen LogP contribution in [-0.2, 0) is 0 Å². The van der Waals surface area contributed by atoms with Crippen LogP contribution < -0.4 is 11.4 Å². The number of hydrogen-bond donors (Lipinski definition) is 2. The maximum atomic E-state index is 12.5. The lowest BCUT2D eigenvalue weighted by atomic mass is 10.2. The van der Waals surface area contributed by atoms with Gasteiger partial charge in [-0.15, -0.1) is 0 Å². The lowest BCUT2D eigenvalue weighted by Crippen LogP contribution is -2.15. The molecular formula is C17H11ClN6O2. The van der Waals surface area contributed by atoms with Crippen LogP contribution >= 0.6 is 11.6 Å². The number of halogens is 1. The molecule has 0 bridgehead atoms. The number of amides is 1. The summed E-state index contributed by atoms with van der Waals surface area (Å²) in [5, 5.41) is 0.460. The number of fused-ring (bicyclic) bond motifs is 1. The van der Waals surface area contributed by atoms with E-state index >= 15 is 0 Å². The number of nitrogens with one attached hydrogen (secondary N) is 1. The van der Waals surface area contributed by atoms with Gasteiger partial charge in [0.2, 0.25) is 0 Å². The average Bonchev–Trinajstić information content (AvgIpc) is 2.97. The summed E-state index contributed by atoms with van der Waals surface area (Å²) in [6.07, 6.45) is 3.15. The van der Waals surface area contributed by atoms with Gasteiger partial charge in [-0.25, -0.2) is 19.3 Å². The Kier molecular flexibility index (Phi) is 3.74. The predicted octanol–water partition coefficient (Wildman–Crippen LogP) is 1.92. The van der Waals surface area contributed by atoms with Crippen molar-refractivity contribution in [3.63, 3.8) is 0 Å². The van der Waals surface area contributed by atoms with Crippen molar-refractivity contribution >= 4 is 28.7 Å². The summed E-state index contributed by atoms with van der Waals surface area (Å²) in [5.74, 6) is -0.518. The second-order valence-corrected chi connectivity index (χ2v) is 5.88. The normalized spacial score (nSPS) is 11.0. The van der Waals surface area contributed by atoms with Crippen LogP contribution in [0.25, 0.3) is 28.2 Å². The highest BCUT2D eigenvalue weighted by atomic mass is 35.5. The Bertz CT molecular complexity index is 1200. The minimum Gasteiger partial charge on any atom is -0.364 e. The molecule has 0 aliphatic carbocycles. The minimum absolute atomic E-state index is 0.0697. The van der Waals surface area contributed by atoms with E-state index in [2.05, 4.69) is 19.9 Å². The van der Waals surface area contributed by atoms with Crippen molar-refractivity contribution in [3.8, 4) is 17.1 Å². The van der Waals surface area contributed by atoms with Crippen molar-refractivity contribution in [2.75, 3.05) is 0 Å². The number of nitrogens with two attached hydrogens (primary N) is 1. The van der Waals surface area contributed by atoms with Crippen LogP contribution in [0.5, 0.6) is 0 Å². The van der Waals surface area contributed by atoms with Crippen molar-refractivity contribution in [1.82, 2.24) is 24.5 Å². The van der Waals surface area contributed by atoms with Gasteiger partial charge in [0, 0.05) is 23.0 Å². The highest BCUT2D eigenvalue weighted by Gasteiger charge is 2.20. The molecule has 0 aliphatic heterocycles. The molecule has 3 N–H and O–H groups in total. The summed E-state index contributed by atoms with van der Waals surface area (Å²) in [6.45, 7) is 0. The number of carbonyl (C=O) groups is 1. The molecule has 0 spiro atoms. The van der Waals surface area contributed by atoms with E-state index < -0.39 is 11.6 Å². The summed E-state index contributed by atoms with van der Waals surface area (Å²) >= 11 is 6.03. The zero-order chi connectivity index (χ0) is 18.3. The lowest BCUT2D eigenvalue weighted by Gasteiger charge is -2.06. The molecule has 26 heavy (non-hydrogen) atoms. The van der Waals surface area contributed by atoms with Crippen molar-refractivity contribution in [3.05, 3.63) is 70.0 Å². The van der Waals surface area contributed by atoms with E-state index in [1.165, 1.54) is 4.57 Å². The van der Waals surface area contributed by atoms with Crippen molar-refractivity contribution < 1.29 is 4.79 Å². The number of nitrogens with zero attached hydrogens (tertiary/aromatic N) is 4. The molecule has 1 aromatic carbocycles. The van der Waals surface area contributed by atoms with Crippen LogP contribution in [-0.4, -0.2) is 30.4 Å². The van der Waals surface area contributed by atoms with Gasteiger partial charge < -0.3 is 10.7 Å². The van der Waals surface area contributed by atoms with Crippen molar-refractivity contribution in [2.24, 2.45) is 5.73 Å². The zero-order valence-electron chi connectivity index (χ0n) is 13.2. The molecule has 3 heterocycles. The van der Waals surface area contributed by atoms with Crippen LogP contribution in [0.3, 0.4) is 0 Å². The van der Waals surface area contributed by atoms with Crippen LogP contribution in [0.15, 0.2) is 53.6 Å². The number of carbonyl (C=O) groups excluding carboxylic acids is 1. The van der Waals surface area contributed by atoms with Gasteiger partial charge in [0.05, 0.1) is 5.69 Å². The van der Waals surface area contributed by atoms with E-state index in [4.69, 9.17) is 17.3 Å². The molecule has 0 unspecified atom stereocenters. The third-order valence-corrected chi connectivity index (χ3v) is 4.01. The van der Waals surface area contributed by atoms with Crippen LogP contribution in [0.2, 0.25) is 5.02 Å². The first kappa shape index (κ1) is 16.0. The Morgan fingerprint density at radius 1 is 1.15 bits per heavy atom.